The summed E-state index contributed by atoms with van der Waals surface area (Å²) in [7, 11) is 0. The van der Waals surface area contributed by atoms with Crippen LogP contribution in [0.2, 0.25) is 0 Å². The number of rotatable bonds is 2. The molecule has 5 rings (SSSR count). The van der Waals surface area contributed by atoms with Crippen LogP contribution in [0.3, 0.4) is 0 Å². The van der Waals surface area contributed by atoms with Gasteiger partial charge in [0.05, 0.1) is 5.52 Å². The average molecular weight is 539 g/mol. The monoisotopic (exact) mass is 539 g/mol. The fourth-order valence-electron chi connectivity index (χ4n) is 4.34. The van der Waals surface area contributed by atoms with Crippen molar-refractivity contribution in [3.63, 3.8) is 0 Å². The number of aryl methyl sites for hydroxylation is 3. The summed E-state index contributed by atoms with van der Waals surface area (Å²) in [4.78, 5) is 4.93. The molecular formula is C26H20IrN-. The normalized spacial score (nSPS) is 11.7. The minimum atomic E-state index is 0. The summed E-state index contributed by atoms with van der Waals surface area (Å²) < 4.78 is 0. The van der Waals surface area contributed by atoms with E-state index in [1.165, 1.54) is 44.3 Å². The third-order valence-corrected chi connectivity index (χ3v) is 5.38. The standard InChI is InChI=1S/C26H20N.Ir/c1-16-12-17(2)25(18(3)13-16)21-8-4-7-20(14-21)24-15-22-11-10-19-6-5-9-23(27-24)26(19)22;/h4-6,8-15H,1-3H3;/q-1;. The third kappa shape index (κ3) is 3.03. The molecule has 4 aromatic rings. The Bertz CT molecular complexity index is 1230. The van der Waals surface area contributed by atoms with Gasteiger partial charge in [-0.15, -0.1) is 35.4 Å². The van der Waals surface area contributed by atoms with E-state index in [0.29, 0.717) is 0 Å². The van der Waals surface area contributed by atoms with Gasteiger partial charge in [0.2, 0.25) is 0 Å². The first-order chi connectivity index (χ1) is 13.1. The van der Waals surface area contributed by atoms with Gasteiger partial charge in [0, 0.05) is 25.5 Å². The predicted molar refractivity (Wildman–Crippen MR) is 115 cm³/mol. The summed E-state index contributed by atoms with van der Waals surface area (Å²) in [6, 6.07) is 22.8. The molecule has 0 amide bonds. The summed E-state index contributed by atoms with van der Waals surface area (Å²) in [5.74, 6) is 0. The maximum atomic E-state index is 4.93. The summed E-state index contributed by atoms with van der Waals surface area (Å²) >= 11 is 0. The molecule has 1 aromatic heterocycles. The van der Waals surface area contributed by atoms with Gasteiger partial charge in [-0.05, 0) is 60.3 Å². The minimum absolute atomic E-state index is 0. The topological polar surface area (TPSA) is 12.9 Å². The Labute approximate surface area is 179 Å². The van der Waals surface area contributed by atoms with Gasteiger partial charge in [0.25, 0.3) is 0 Å². The van der Waals surface area contributed by atoms with Crippen LogP contribution >= 0.6 is 0 Å². The molecule has 1 aliphatic carbocycles. The van der Waals surface area contributed by atoms with E-state index >= 15 is 0 Å². The Balaban J connectivity index is 0.00000192. The van der Waals surface area contributed by atoms with E-state index in [9.17, 15) is 0 Å². The third-order valence-electron chi connectivity index (χ3n) is 5.38. The van der Waals surface area contributed by atoms with E-state index in [-0.39, 0.29) is 20.1 Å². The second-order valence-electron chi connectivity index (χ2n) is 7.44. The number of hydrogen-bond acceptors (Lipinski definition) is 1. The maximum Gasteiger partial charge on any atom is 0.0607 e. The van der Waals surface area contributed by atoms with Crippen LogP contribution in [-0.2, 0) is 20.1 Å². The molecule has 1 radical (unpaired) electrons. The van der Waals surface area contributed by atoms with Crippen LogP contribution in [0.5, 0.6) is 0 Å². The van der Waals surface area contributed by atoms with Crippen molar-refractivity contribution < 1.29 is 20.1 Å². The summed E-state index contributed by atoms with van der Waals surface area (Å²) in [6.45, 7) is 6.53. The van der Waals surface area contributed by atoms with Crippen molar-refractivity contribution in [3.05, 3.63) is 88.5 Å². The van der Waals surface area contributed by atoms with E-state index in [1.807, 2.05) is 6.07 Å². The van der Waals surface area contributed by atoms with Gasteiger partial charge in [-0.3, -0.25) is 4.98 Å². The largest absolute Gasteiger partial charge is 0.296 e. The Kier molecular flexibility index (Phi) is 4.79. The molecule has 3 aromatic carbocycles. The van der Waals surface area contributed by atoms with Crippen LogP contribution in [0.1, 0.15) is 27.8 Å². The number of hydrogen-bond donors (Lipinski definition) is 0. The molecule has 0 bridgehead atoms. The minimum Gasteiger partial charge on any atom is -0.296 e. The SMILES string of the molecule is Cc1cc(C)c(-c2cc[c-]c(-c3cc4c5c(cccc5n3)C=C4)c2)c(C)c1.[Ir]. The predicted octanol–water partition coefficient (Wildman–Crippen LogP) is 6.78. The molecule has 139 valence electrons. The average Bonchev–Trinajstić information content (AvgIpc) is 3.06. The van der Waals surface area contributed by atoms with Crippen molar-refractivity contribution in [2.24, 2.45) is 0 Å². The van der Waals surface area contributed by atoms with E-state index in [1.54, 1.807) is 0 Å². The molecule has 0 fully saturated rings. The van der Waals surface area contributed by atoms with Crippen molar-refractivity contribution in [1.29, 1.82) is 0 Å². The van der Waals surface area contributed by atoms with Gasteiger partial charge in [0.1, 0.15) is 0 Å². The molecule has 28 heavy (non-hydrogen) atoms. The van der Waals surface area contributed by atoms with Gasteiger partial charge in [-0.25, -0.2) is 0 Å². The van der Waals surface area contributed by atoms with E-state index in [2.05, 4.69) is 87.5 Å². The van der Waals surface area contributed by atoms with Gasteiger partial charge >= 0.3 is 0 Å². The summed E-state index contributed by atoms with van der Waals surface area (Å²) in [5.41, 5.74) is 12.0. The maximum absolute atomic E-state index is 4.93. The van der Waals surface area contributed by atoms with E-state index in [0.717, 1.165) is 16.8 Å². The second-order valence-corrected chi connectivity index (χ2v) is 7.44. The summed E-state index contributed by atoms with van der Waals surface area (Å²) in [5, 5.41) is 1.25. The molecule has 1 heterocycles. The van der Waals surface area contributed by atoms with Crippen LogP contribution in [0, 0.1) is 26.8 Å². The molecule has 1 aliphatic rings. The van der Waals surface area contributed by atoms with Crippen LogP contribution in [0.15, 0.2) is 54.6 Å². The molecule has 1 nitrogen and oxygen atoms in total. The Morgan fingerprint density at radius 1 is 0.821 bits per heavy atom. The fourth-order valence-corrected chi connectivity index (χ4v) is 4.34. The molecule has 0 atom stereocenters. The zero-order valence-electron chi connectivity index (χ0n) is 16.1. The zero-order chi connectivity index (χ0) is 18.5. The van der Waals surface area contributed by atoms with Crippen LogP contribution in [0.25, 0.3) is 45.4 Å². The Morgan fingerprint density at radius 3 is 2.36 bits per heavy atom. The number of aromatic nitrogens is 1. The quantitative estimate of drug-likeness (QED) is 0.226. The molecule has 0 unspecified atom stereocenters. The van der Waals surface area contributed by atoms with Gasteiger partial charge in [-0.1, -0.05) is 48.0 Å². The van der Waals surface area contributed by atoms with Crippen molar-refractivity contribution >= 4 is 23.1 Å². The van der Waals surface area contributed by atoms with Crippen LogP contribution < -0.4 is 0 Å². The van der Waals surface area contributed by atoms with Crippen molar-refractivity contribution in [2.45, 2.75) is 20.8 Å². The second kappa shape index (κ2) is 7.13. The first kappa shape index (κ1) is 18.8. The van der Waals surface area contributed by atoms with Crippen molar-refractivity contribution in [1.82, 2.24) is 4.98 Å². The van der Waals surface area contributed by atoms with Crippen molar-refractivity contribution in [2.75, 3.05) is 0 Å². The molecule has 0 aliphatic heterocycles. The van der Waals surface area contributed by atoms with E-state index in [4.69, 9.17) is 4.98 Å². The number of benzene rings is 3. The molecule has 0 saturated carbocycles. The smallest absolute Gasteiger partial charge is 0.0607 e. The molecular weight excluding hydrogens is 519 g/mol. The van der Waals surface area contributed by atoms with Crippen LogP contribution in [-0.4, -0.2) is 4.98 Å². The first-order valence-electron chi connectivity index (χ1n) is 9.32. The van der Waals surface area contributed by atoms with Gasteiger partial charge in [-0.2, -0.15) is 0 Å². The Hall–Kier alpha value is -2.54. The zero-order valence-corrected chi connectivity index (χ0v) is 18.5. The number of pyridine rings is 1. The Morgan fingerprint density at radius 2 is 1.57 bits per heavy atom. The van der Waals surface area contributed by atoms with Crippen molar-refractivity contribution in [3.8, 4) is 22.4 Å². The first-order valence-corrected chi connectivity index (χ1v) is 9.32. The van der Waals surface area contributed by atoms with Gasteiger partial charge < -0.3 is 0 Å². The van der Waals surface area contributed by atoms with E-state index < -0.39 is 0 Å². The fraction of sp³-hybridized carbons (Fsp3) is 0.115. The molecule has 0 saturated heterocycles. The van der Waals surface area contributed by atoms with Crippen LogP contribution in [0.4, 0.5) is 0 Å². The molecule has 0 spiro atoms. The van der Waals surface area contributed by atoms with Gasteiger partial charge in [0.15, 0.2) is 0 Å². The molecule has 0 N–H and O–H groups in total. The number of nitrogens with zero attached hydrogens (tertiary/aromatic N) is 1. The summed E-state index contributed by atoms with van der Waals surface area (Å²) in [6.07, 6.45) is 4.35. The molecule has 2 heteroatoms.